The number of carbonyl (C=O) groups is 2. The molecular formula is C23H22ClFN2O6. The normalized spacial score (nSPS) is 10.6. The summed E-state index contributed by atoms with van der Waals surface area (Å²) in [7, 11) is 0. The number of aromatic nitrogens is 1. The summed E-state index contributed by atoms with van der Waals surface area (Å²) in [5.74, 6) is -1.05. The van der Waals surface area contributed by atoms with Gasteiger partial charge >= 0.3 is 5.97 Å². The third-order valence-corrected chi connectivity index (χ3v) is 4.74. The second-order valence-corrected chi connectivity index (χ2v) is 7.12. The Balaban J connectivity index is 1.70. The zero-order valence-corrected chi connectivity index (χ0v) is 19.0. The van der Waals surface area contributed by atoms with E-state index in [9.17, 15) is 14.0 Å². The third kappa shape index (κ3) is 5.61. The number of nitrogens with one attached hydrogen (secondary N) is 1. The van der Waals surface area contributed by atoms with Crippen molar-refractivity contribution >= 4 is 29.2 Å². The maximum Gasteiger partial charge on any atom is 0.344 e. The lowest BCUT2D eigenvalue weighted by Gasteiger charge is -2.13. The predicted octanol–water partition coefficient (Wildman–Crippen LogP) is 5.04. The van der Waals surface area contributed by atoms with Gasteiger partial charge < -0.3 is 24.1 Å². The maximum absolute atomic E-state index is 14.3. The standard InChI is InChI=1S/C23H22ClFN2O6/c1-4-30-17-10-9-14(11-18(17)31-5-2)26-19(28)12-32-23(29)20-13(3)33-27-22(20)21-15(24)7-6-8-16(21)25/h6-11H,4-5,12H2,1-3H3,(H,26,28). The van der Waals surface area contributed by atoms with E-state index in [0.29, 0.717) is 30.4 Å². The lowest BCUT2D eigenvalue weighted by atomic mass is 10.1. The SMILES string of the molecule is CCOc1ccc(NC(=O)COC(=O)c2c(-c3c(F)cccc3Cl)noc2C)cc1OCC. The number of amides is 1. The zero-order chi connectivity index (χ0) is 24.0. The van der Waals surface area contributed by atoms with Crippen LogP contribution < -0.4 is 14.8 Å². The first kappa shape index (κ1) is 24.1. The quantitative estimate of drug-likeness (QED) is 0.432. The summed E-state index contributed by atoms with van der Waals surface area (Å²) < 4.78 is 35.5. The highest BCUT2D eigenvalue weighted by Gasteiger charge is 2.27. The van der Waals surface area contributed by atoms with E-state index in [0.717, 1.165) is 0 Å². The molecule has 1 N–H and O–H groups in total. The second kappa shape index (κ2) is 10.8. The number of halogens is 2. The lowest BCUT2D eigenvalue weighted by molar-refractivity contribution is -0.119. The molecule has 0 saturated heterocycles. The molecule has 0 aliphatic heterocycles. The van der Waals surface area contributed by atoms with E-state index in [1.165, 1.54) is 25.1 Å². The molecule has 0 bridgehead atoms. The first-order valence-corrected chi connectivity index (χ1v) is 10.5. The average molecular weight is 477 g/mol. The number of hydrogen-bond acceptors (Lipinski definition) is 7. The molecule has 0 radical (unpaired) electrons. The van der Waals surface area contributed by atoms with E-state index < -0.39 is 24.3 Å². The van der Waals surface area contributed by atoms with Crippen molar-refractivity contribution in [1.82, 2.24) is 5.16 Å². The fraction of sp³-hybridized carbons (Fsp3) is 0.261. The van der Waals surface area contributed by atoms with Gasteiger partial charge in [-0.25, -0.2) is 9.18 Å². The number of aryl methyl sites for hydroxylation is 1. The topological polar surface area (TPSA) is 99.9 Å². The number of rotatable bonds is 9. The largest absolute Gasteiger partial charge is 0.490 e. The van der Waals surface area contributed by atoms with Crippen molar-refractivity contribution in [1.29, 1.82) is 0 Å². The van der Waals surface area contributed by atoms with Gasteiger partial charge in [0.25, 0.3) is 5.91 Å². The molecule has 10 heteroatoms. The van der Waals surface area contributed by atoms with Gasteiger partial charge in [-0.1, -0.05) is 22.8 Å². The van der Waals surface area contributed by atoms with E-state index in [-0.39, 0.29) is 27.6 Å². The maximum atomic E-state index is 14.3. The Labute approximate surface area is 194 Å². The van der Waals surface area contributed by atoms with Gasteiger partial charge in [-0.15, -0.1) is 0 Å². The van der Waals surface area contributed by atoms with Crippen molar-refractivity contribution in [3.05, 3.63) is 58.6 Å². The number of ether oxygens (including phenoxy) is 3. The number of anilines is 1. The zero-order valence-electron chi connectivity index (χ0n) is 18.2. The molecule has 2 aromatic carbocycles. The Morgan fingerprint density at radius 1 is 1.12 bits per heavy atom. The van der Waals surface area contributed by atoms with E-state index in [1.807, 2.05) is 13.8 Å². The van der Waals surface area contributed by atoms with Gasteiger partial charge in [0.05, 0.1) is 23.8 Å². The highest BCUT2D eigenvalue weighted by molar-refractivity contribution is 6.33. The van der Waals surface area contributed by atoms with E-state index in [1.54, 1.807) is 18.2 Å². The Morgan fingerprint density at radius 3 is 2.55 bits per heavy atom. The molecule has 3 aromatic rings. The van der Waals surface area contributed by atoms with E-state index in [4.69, 9.17) is 30.3 Å². The van der Waals surface area contributed by atoms with Gasteiger partial charge in [0.1, 0.15) is 22.8 Å². The van der Waals surface area contributed by atoms with Crippen molar-refractivity contribution in [3.63, 3.8) is 0 Å². The first-order valence-electron chi connectivity index (χ1n) is 10.1. The number of esters is 1. The Kier molecular flexibility index (Phi) is 7.89. The molecule has 0 saturated carbocycles. The minimum atomic E-state index is -0.903. The molecule has 0 atom stereocenters. The van der Waals surface area contributed by atoms with Gasteiger partial charge in [-0.05, 0) is 45.0 Å². The summed E-state index contributed by atoms with van der Waals surface area (Å²) in [6, 6.07) is 8.97. The monoisotopic (exact) mass is 476 g/mol. The van der Waals surface area contributed by atoms with Crippen LogP contribution >= 0.6 is 11.6 Å². The van der Waals surface area contributed by atoms with Crippen LogP contribution in [0.1, 0.15) is 30.0 Å². The fourth-order valence-corrected chi connectivity index (χ4v) is 3.29. The Bertz CT molecular complexity index is 1140. The second-order valence-electron chi connectivity index (χ2n) is 6.71. The van der Waals surface area contributed by atoms with Crippen LogP contribution in [0, 0.1) is 12.7 Å². The van der Waals surface area contributed by atoms with Crippen LogP contribution in [-0.4, -0.2) is 36.9 Å². The molecule has 33 heavy (non-hydrogen) atoms. The van der Waals surface area contributed by atoms with Gasteiger partial charge in [-0.2, -0.15) is 0 Å². The fourth-order valence-electron chi connectivity index (χ4n) is 3.04. The summed E-state index contributed by atoms with van der Waals surface area (Å²) in [4.78, 5) is 25.0. The van der Waals surface area contributed by atoms with Crippen LogP contribution in [0.15, 0.2) is 40.9 Å². The van der Waals surface area contributed by atoms with Crippen molar-refractivity contribution in [2.75, 3.05) is 25.1 Å². The molecule has 1 heterocycles. The molecule has 174 valence electrons. The average Bonchev–Trinajstić information content (AvgIpc) is 3.15. The Morgan fingerprint density at radius 2 is 1.85 bits per heavy atom. The summed E-state index contributed by atoms with van der Waals surface area (Å²) in [6.07, 6.45) is 0. The van der Waals surface area contributed by atoms with Crippen LogP contribution in [0.25, 0.3) is 11.3 Å². The summed E-state index contributed by atoms with van der Waals surface area (Å²) in [5.41, 5.74) is 0.122. The molecule has 0 fully saturated rings. The molecule has 0 spiro atoms. The molecule has 1 amide bonds. The van der Waals surface area contributed by atoms with Gasteiger partial charge in [0, 0.05) is 11.8 Å². The van der Waals surface area contributed by atoms with Crippen molar-refractivity contribution in [3.8, 4) is 22.8 Å². The minimum Gasteiger partial charge on any atom is -0.490 e. The summed E-state index contributed by atoms with van der Waals surface area (Å²) in [5, 5.41) is 6.42. The molecule has 8 nitrogen and oxygen atoms in total. The van der Waals surface area contributed by atoms with E-state index in [2.05, 4.69) is 10.5 Å². The first-order chi connectivity index (χ1) is 15.8. The highest BCUT2D eigenvalue weighted by Crippen LogP contribution is 2.34. The van der Waals surface area contributed by atoms with Crippen LogP contribution in [0.5, 0.6) is 11.5 Å². The number of carbonyl (C=O) groups excluding carboxylic acids is 2. The smallest absolute Gasteiger partial charge is 0.344 e. The van der Waals surface area contributed by atoms with Crippen molar-refractivity contribution < 1.29 is 32.7 Å². The van der Waals surface area contributed by atoms with Gasteiger partial charge in [-0.3, -0.25) is 4.79 Å². The minimum absolute atomic E-state index is 0.0516. The molecule has 0 aliphatic carbocycles. The van der Waals surface area contributed by atoms with Crippen molar-refractivity contribution in [2.24, 2.45) is 0 Å². The molecule has 3 rings (SSSR count). The molecular weight excluding hydrogens is 455 g/mol. The van der Waals surface area contributed by atoms with Crippen LogP contribution in [0.3, 0.4) is 0 Å². The van der Waals surface area contributed by atoms with Crippen LogP contribution in [0.4, 0.5) is 10.1 Å². The lowest BCUT2D eigenvalue weighted by Crippen LogP contribution is -2.21. The van der Waals surface area contributed by atoms with Gasteiger partial charge in [0.2, 0.25) is 0 Å². The predicted molar refractivity (Wildman–Crippen MR) is 119 cm³/mol. The summed E-state index contributed by atoms with van der Waals surface area (Å²) >= 11 is 6.08. The highest BCUT2D eigenvalue weighted by atomic mass is 35.5. The van der Waals surface area contributed by atoms with Crippen LogP contribution in [0.2, 0.25) is 5.02 Å². The third-order valence-electron chi connectivity index (χ3n) is 4.43. The molecule has 0 unspecified atom stereocenters. The molecule has 1 aromatic heterocycles. The number of hydrogen-bond donors (Lipinski definition) is 1. The number of nitrogens with zero attached hydrogens (tertiary/aromatic N) is 1. The summed E-state index contributed by atoms with van der Waals surface area (Å²) in [6.45, 7) is 5.44. The Hall–Kier alpha value is -3.59. The number of benzene rings is 2. The molecule has 0 aliphatic rings. The van der Waals surface area contributed by atoms with Crippen molar-refractivity contribution in [2.45, 2.75) is 20.8 Å². The van der Waals surface area contributed by atoms with Crippen LogP contribution in [-0.2, 0) is 9.53 Å². The van der Waals surface area contributed by atoms with Gasteiger partial charge in [0.15, 0.2) is 18.1 Å². The van der Waals surface area contributed by atoms with E-state index >= 15 is 0 Å².